The van der Waals surface area contributed by atoms with Crippen molar-refractivity contribution in [2.45, 2.75) is 58.5 Å². The molecule has 0 atom stereocenters. The van der Waals surface area contributed by atoms with Crippen LogP contribution < -0.4 is 10.9 Å². The van der Waals surface area contributed by atoms with Gasteiger partial charge in [-0.05, 0) is 52.3 Å². The Labute approximate surface area is 196 Å². The topological polar surface area (TPSA) is 59.3 Å². The second-order valence-electron chi connectivity index (χ2n) is 10.3. The largest absolute Gasteiger partial charge is 0.421 e. The quantitative estimate of drug-likeness (QED) is 0.329. The molecular formula is C27H28F3NO3. The summed E-state index contributed by atoms with van der Waals surface area (Å²) in [5.41, 5.74) is 0.613. The van der Waals surface area contributed by atoms with Gasteiger partial charge in [0.2, 0.25) is 5.91 Å². The van der Waals surface area contributed by atoms with Gasteiger partial charge in [-0.15, -0.1) is 0 Å². The Kier molecular flexibility index (Phi) is 6.53. The molecule has 0 saturated heterocycles. The van der Waals surface area contributed by atoms with Gasteiger partial charge in [-0.1, -0.05) is 59.7 Å². The molecule has 0 bridgehead atoms. The molecule has 0 spiro atoms. The van der Waals surface area contributed by atoms with E-state index in [2.05, 4.69) is 26.1 Å². The van der Waals surface area contributed by atoms with Crippen LogP contribution in [0.15, 0.2) is 57.8 Å². The van der Waals surface area contributed by atoms with Crippen molar-refractivity contribution >= 4 is 28.6 Å². The average Bonchev–Trinajstić information content (AvgIpc) is 2.70. The summed E-state index contributed by atoms with van der Waals surface area (Å²) in [6.45, 7) is 12.3. The number of hydrogen-bond donors (Lipinski definition) is 1. The van der Waals surface area contributed by atoms with E-state index >= 15 is 0 Å². The summed E-state index contributed by atoms with van der Waals surface area (Å²) >= 11 is 0. The van der Waals surface area contributed by atoms with Crippen LogP contribution in [0.3, 0.4) is 0 Å². The predicted molar refractivity (Wildman–Crippen MR) is 129 cm³/mol. The van der Waals surface area contributed by atoms with E-state index in [0.29, 0.717) is 11.0 Å². The van der Waals surface area contributed by atoms with Crippen molar-refractivity contribution in [3.63, 3.8) is 0 Å². The van der Waals surface area contributed by atoms with Gasteiger partial charge in [0.1, 0.15) is 11.3 Å². The van der Waals surface area contributed by atoms with Crippen molar-refractivity contribution in [2.24, 2.45) is 0 Å². The van der Waals surface area contributed by atoms with Crippen LogP contribution >= 0.6 is 0 Å². The van der Waals surface area contributed by atoms with Crippen LogP contribution in [-0.2, 0) is 21.8 Å². The first-order valence-electron chi connectivity index (χ1n) is 10.8. The second kappa shape index (κ2) is 8.78. The van der Waals surface area contributed by atoms with E-state index in [1.807, 2.05) is 32.9 Å². The van der Waals surface area contributed by atoms with Crippen molar-refractivity contribution in [3.05, 3.63) is 81.2 Å². The van der Waals surface area contributed by atoms with Crippen molar-refractivity contribution in [1.29, 1.82) is 0 Å². The first-order chi connectivity index (χ1) is 15.6. The Bertz CT molecular complexity index is 1320. The molecule has 3 aromatic rings. The summed E-state index contributed by atoms with van der Waals surface area (Å²) in [5.74, 6) is -0.660. The number of amides is 1. The molecule has 0 saturated carbocycles. The second-order valence-corrected chi connectivity index (χ2v) is 10.3. The van der Waals surface area contributed by atoms with Gasteiger partial charge in [0.05, 0.1) is 5.56 Å². The molecule has 34 heavy (non-hydrogen) atoms. The zero-order valence-corrected chi connectivity index (χ0v) is 20.1. The van der Waals surface area contributed by atoms with Crippen LogP contribution in [0.4, 0.5) is 18.9 Å². The molecule has 1 heterocycles. The van der Waals surface area contributed by atoms with Crippen molar-refractivity contribution in [3.8, 4) is 0 Å². The average molecular weight is 472 g/mol. The van der Waals surface area contributed by atoms with Gasteiger partial charge < -0.3 is 9.73 Å². The van der Waals surface area contributed by atoms with Crippen LogP contribution in [0.25, 0.3) is 17.0 Å². The van der Waals surface area contributed by atoms with Crippen LogP contribution in [0.5, 0.6) is 0 Å². The molecule has 1 amide bonds. The van der Waals surface area contributed by atoms with Crippen LogP contribution in [0.2, 0.25) is 0 Å². The molecule has 0 radical (unpaired) electrons. The van der Waals surface area contributed by atoms with Crippen molar-refractivity contribution in [1.82, 2.24) is 0 Å². The highest BCUT2D eigenvalue weighted by atomic mass is 19.4. The van der Waals surface area contributed by atoms with E-state index in [9.17, 15) is 22.8 Å². The molecule has 0 aliphatic rings. The van der Waals surface area contributed by atoms with Crippen LogP contribution in [-0.4, -0.2) is 5.91 Å². The molecule has 2 aromatic carbocycles. The monoisotopic (exact) mass is 471 g/mol. The molecule has 7 heteroatoms. The third kappa shape index (κ3) is 5.76. The van der Waals surface area contributed by atoms with Gasteiger partial charge in [0.15, 0.2) is 0 Å². The predicted octanol–water partition coefficient (Wildman–Crippen LogP) is 7.06. The lowest BCUT2D eigenvalue weighted by Crippen LogP contribution is -2.19. The highest BCUT2D eigenvalue weighted by molar-refractivity contribution is 6.02. The summed E-state index contributed by atoms with van der Waals surface area (Å²) in [6.07, 6.45) is -2.15. The maximum atomic E-state index is 12.9. The highest BCUT2D eigenvalue weighted by Crippen LogP contribution is 2.35. The standard InChI is InChI=1S/C27H28F3NO3/c1-25(2,3)19-13-17-14-21(24(33)34-23(17)20(15-19)26(4,5)6)31-22(32)11-10-16-8-7-9-18(12-16)27(28,29)30/h7-15H,1-6H3,(H,31,32)/b11-10+. The zero-order valence-electron chi connectivity index (χ0n) is 20.1. The summed E-state index contributed by atoms with van der Waals surface area (Å²) in [4.78, 5) is 25.0. The Hall–Kier alpha value is -3.35. The molecule has 1 aromatic heterocycles. The number of carbonyl (C=O) groups is 1. The smallest absolute Gasteiger partial charge is 0.416 e. The van der Waals surface area contributed by atoms with Gasteiger partial charge in [0, 0.05) is 17.0 Å². The Morgan fingerprint density at radius 2 is 1.59 bits per heavy atom. The van der Waals surface area contributed by atoms with E-state index in [1.54, 1.807) is 6.07 Å². The van der Waals surface area contributed by atoms with Crippen molar-refractivity contribution < 1.29 is 22.4 Å². The summed E-state index contributed by atoms with van der Waals surface area (Å²) < 4.78 is 44.3. The number of alkyl halides is 3. The summed E-state index contributed by atoms with van der Waals surface area (Å²) in [6, 6.07) is 10.2. The SMILES string of the molecule is CC(C)(C)c1cc(C(C)(C)C)c2oc(=O)c(NC(=O)/C=C/c3cccc(C(F)(F)F)c3)cc2c1. The van der Waals surface area contributed by atoms with Crippen molar-refractivity contribution in [2.75, 3.05) is 5.32 Å². The highest BCUT2D eigenvalue weighted by Gasteiger charge is 2.30. The Morgan fingerprint density at radius 1 is 0.912 bits per heavy atom. The van der Waals surface area contributed by atoms with Gasteiger partial charge in [0.25, 0.3) is 0 Å². The lowest BCUT2D eigenvalue weighted by molar-refractivity contribution is -0.137. The maximum Gasteiger partial charge on any atom is 0.416 e. The van der Waals surface area contributed by atoms with Crippen LogP contribution in [0, 0.1) is 0 Å². The number of anilines is 1. The lowest BCUT2D eigenvalue weighted by Gasteiger charge is -2.26. The minimum Gasteiger partial charge on any atom is -0.421 e. The first kappa shape index (κ1) is 25.3. The lowest BCUT2D eigenvalue weighted by atomic mass is 9.79. The third-order valence-electron chi connectivity index (χ3n) is 5.41. The molecular weight excluding hydrogens is 443 g/mol. The third-order valence-corrected chi connectivity index (χ3v) is 5.41. The molecule has 0 unspecified atom stereocenters. The Morgan fingerprint density at radius 3 is 2.18 bits per heavy atom. The first-order valence-corrected chi connectivity index (χ1v) is 10.8. The molecule has 4 nitrogen and oxygen atoms in total. The number of benzene rings is 2. The number of fused-ring (bicyclic) bond motifs is 1. The molecule has 0 aliphatic carbocycles. The van der Waals surface area contributed by atoms with E-state index in [1.165, 1.54) is 18.2 Å². The summed E-state index contributed by atoms with van der Waals surface area (Å²) in [5, 5.41) is 3.15. The van der Waals surface area contributed by atoms with E-state index < -0.39 is 23.3 Å². The van der Waals surface area contributed by atoms with Gasteiger partial charge in [-0.2, -0.15) is 13.2 Å². The zero-order chi connectivity index (χ0) is 25.5. The Balaban J connectivity index is 1.96. The molecule has 180 valence electrons. The fraction of sp³-hybridized carbons (Fsp3) is 0.333. The van der Waals surface area contributed by atoms with Gasteiger partial charge in [-0.3, -0.25) is 4.79 Å². The van der Waals surface area contributed by atoms with Gasteiger partial charge >= 0.3 is 11.8 Å². The minimum atomic E-state index is -4.48. The number of rotatable bonds is 3. The molecule has 0 fully saturated rings. The van der Waals surface area contributed by atoms with Gasteiger partial charge in [-0.25, -0.2) is 4.79 Å². The molecule has 0 aliphatic heterocycles. The molecule has 3 rings (SSSR count). The molecule has 1 N–H and O–H groups in total. The fourth-order valence-electron chi connectivity index (χ4n) is 3.48. The number of hydrogen-bond acceptors (Lipinski definition) is 3. The maximum absolute atomic E-state index is 12.9. The fourth-order valence-corrected chi connectivity index (χ4v) is 3.48. The van der Waals surface area contributed by atoms with E-state index in [0.717, 1.165) is 29.3 Å². The van der Waals surface area contributed by atoms with Crippen LogP contribution in [0.1, 0.15) is 63.8 Å². The number of halogens is 3. The minimum absolute atomic E-state index is 0.0443. The van der Waals surface area contributed by atoms with E-state index in [-0.39, 0.29) is 22.1 Å². The summed E-state index contributed by atoms with van der Waals surface area (Å²) in [7, 11) is 0. The number of nitrogens with one attached hydrogen (secondary N) is 1. The number of carbonyl (C=O) groups excluding carboxylic acids is 1. The van der Waals surface area contributed by atoms with E-state index in [4.69, 9.17) is 4.42 Å². The normalized spacial score (nSPS) is 13.0.